The summed E-state index contributed by atoms with van der Waals surface area (Å²) in [4.78, 5) is 15.1. The zero-order valence-electron chi connectivity index (χ0n) is 15.6. The fraction of sp³-hybridized carbons (Fsp3) is 0.409. The van der Waals surface area contributed by atoms with Crippen molar-refractivity contribution in [3.8, 4) is 0 Å². The molecule has 2 aromatic rings. The van der Waals surface area contributed by atoms with Crippen molar-refractivity contribution in [3.05, 3.63) is 71.8 Å². The molecule has 1 aliphatic rings. The quantitative estimate of drug-likeness (QED) is 0.833. The number of likely N-dealkylation sites (tertiary alicyclic amines) is 1. The van der Waals surface area contributed by atoms with Gasteiger partial charge >= 0.3 is 0 Å². The predicted molar refractivity (Wildman–Crippen MR) is 110 cm³/mol. The molecule has 1 N–H and O–H groups in total. The molecule has 0 aromatic heterocycles. The number of halogens is 1. The average molecular weight is 373 g/mol. The minimum atomic E-state index is -0.106. The average Bonchev–Trinajstić information content (AvgIpc) is 2.64. The van der Waals surface area contributed by atoms with Crippen molar-refractivity contribution in [3.63, 3.8) is 0 Å². The van der Waals surface area contributed by atoms with E-state index in [0.717, 1.165) is 11.1 Å². The van der Waals surface area contributed by atoms with Crippen molar-refractivity contribution in [2.45, 2.75) is 51.2 Å². The fourth-order valence-electron chi connectivity index (χ4n) is 3.81. The van der Waals surface area contributed by atoms with Crippen LogP contribution in [0.4, 0.5) is 0 Å². The highest BCUT2D eigenvalue weighted by Gasteiger charge is 2.27. The van der Waals surface area contributed by atoms with Crippen LogP contribution in [-0.4, -0.2) is 29.4 Å². The largest absolute Gasteiger partial charge is 0.344 e. The fourth-order valence-corrected chi connectivity index (χ4v) is 3.81. The van der Waals surface area contributed by atoms with E-state index in [1.165, 1.54) is 19.3 Å². The number of rotatable bonds is 5. The molecule has 140 valence electrons. The van der Waals surface area contributed by atoms with Gasteiger partial charge in [0, 0.05) is 12.1 Å². The summed E-state index contributed by atoms with van der Waals surface area (Å²) in [6.45, 7) is 4.93. The third-order valence-electron chi connectivity index (χ3n) is 5.27. The second-order valence-electron chi connectivity index (χ2n) is 7.12. The van der Waals surface area contributed by atoms with E-state index in [1.807, 2.05) is 36.4 Å². The lowest BCUT2D eigenvalue weighted by Gasteiger charge is -2.38. The van der Waals surface area contributed by atoms with Gasteiger partial charge in [-0.2, -0.15) is 0 Å². The predicted octanol–water partition coefficient (Wildman–Crippen LogP) is 4.58. The monoisotopic (exact) mass is 372 g/mol. The second-order valence-corrected chi connectivity index (χ2v) is 7.12. The van der Waals surface area contributed by atoms with Crippen molar-refractivity contribution < 1.29 is 4.79 Å². The van der Waals surface area contributed by atoms with Crippen molar-refractivity contribution >= 4 is 18.3 Å². The Morgan fingerprint density at radius 2 is 1.42 bits per heavy atom. The van der Waals surface area contributed by atoms with Crippen LogP contribution in [0.5, 0.6) is 0 Å². The van der Waals surface area contributed by atoms with Crippen molar-refractivity contribution in [2.75, 3.05) is 6.54 Å². The number of hydrogen-bond donors (Lipinski definition) is 1. The third kappa shape index (κ3) is 5.09. The van der Waals surface area contributed by atoms with Gasteiger partial charge < -0.3 is 5.32 Å². The maximum Gasteiger partial charge on any atom is 0.234 e. The maximum absolute atomic E-state index is 12.8. The highest BCUT2D eigenvalue weighted by molar-refractivity contribution is 5.85. The number of benzene rings is 2. The number of nitrogens with one attached hydrogen (secondary N) is 1. The normalized spacial score (nSPS) is 20.4. The molecule has 1 saturated heterocycles. The Morgan fingerprint density at radius 1 is 0.962 bits per heavy atom. The number of carbonyl (C=O) groups excluding carboxylic acids is 1. The minimum Gasteiger partial charge on any atom is -0.344 e. The van der Waals surface area contributed by atoms with E-state index in [0.29, 0.717) is 18.6 Å². The SMILES string of the molecule is CC1CCCC(C)N1CC(=O)NC(c1ccccc1)c1ccccc1.Cl. The van der Waals surface area contributed by atoms with Gasteiger partial charge in [0.1, 0.15) is 0 Å². The number of nitrogens with zero attached hydrogens (tertiary/aromatic N) is 1. The molecule has 0 aliphatic carbocycles. The van der Waals surface area contributed by atoms with Crippen LogP contribution < -0.4 is 5.32 Å². The summed E-state index contributed by atoms with van der Waals surface area (Å²) in [7, 11) is 0. The summed E-state index contributed by atoms with van der Waals surface area (Å²) in [6.07, 6.45) is 3.62. The van der Waals surface area contributed by atoms with Crippen molar-refractivity contribution in [1.82, 2.24) is 10.2 Å². The van der Waals surface area contributed by atoms with Gasteiger partial charge in [0.15, 0.2) is 0 Å². The zero-order chi connectivity index (χ0) is 17.6. The first kappa shape index (κ1) is 20.5. The molecule has 4 heteroatoms. The Hall–Kier alpha value is -1.84. The summed E-state index contributed by atoms with van der Waals surface area (Å²) >= 11 is 0. The first-order valence-electron chi connectivity index (χ1n) is 9.30. The standard InChI is InChI=1S/C22H28N2O.ClH/c1-17-10-9-11-18(2)24(17)16-21(25)23-22(19-12-5-3-6-13-19)20-14-7-4-8-15-20;/h3-8,12-15,17-18,22H,9-11,16H2,1-2H3,(H,23,25);1H. The first-order valence-corrected chi connectivity index (χ1v) is 9.30. The molecular formula is C22H29ClN2O. The van der Waals surface area contributed by atoms with Crippen molar-refractivity contribution in [2.24, 2.45) is 0 Å². The number of hydrogen-bond acceptors (Lipinski definition) is 2. The van der Waals surface area contributed by atoms with Gasteiger partial charge in [-0.05, 0) is 37.8 Å². The molecule has 2 atom stereocenters. The molecule has 2 unspecified atom stereocenters. The summed E-state index contributed by atoms with van der Waals surface area (Å²) in [6, 6.07) is 21.2. The van der Waals surface area contributed by atoms with E-state index >= 15 is 0 Å². The van der Waals surface area contributed by atoms with Gasteiger partial charge in [-0.1, -0.05) is 67.1 Å². The second kappa shape index (κ2) is 9.75. The molecule has 3 rings (SSSR count). The van der Waals surface area contributed by atoms with Crippen LogP contribution >= 0.6 is 12.4 Å². The van der Waals surface area contributed by atoms with Gasteiger partial charge in [0.05, 0.1) is 12.6 Å². The van der Waals surface area contributed by atoms with E-state index in [9.17, 15) is 4.79 Å². The van der Waals surface area contributed by atoms with Crippen LogP contribution in [0.25, 0.3) is 0 Å². The third-order valence-corrected chi connectivity index (χ3v) is 5.27. The Bertz CT molecular complexity index is 628. The molecule has 26 heavy (non-hydrogen) atoms. The van der Waals surface area contributed by atoms with Crippen LogP contribution in [0.1, 0.15) is 50.3 Å². The molecule has 0 bridgehead atoms. The molecular weight excluding hydrogens is 344 g/mol. The highest BCUT2D eigenvalue weighted by Crippen LogP contribution is 2.24. The zero-order valence-corrected chi connectivity index (χ0v) is 16.4. The molecule has 2 aromatic carbocycles. The lowest BCUT2D eigenvalue weighted by Crippen LogP contribution is -2.49. The van der Waals surface area contributed by atoms with Crippen LogP contribution in [0.3, 0.4) is 0 Å². The number of carbonyl (C=O) groups is 1. The number of amides is 1. The van der Waals surface area contributed by atoms with Crippen LogP contribution in [0, 0.1) is 0 Å². The lowest BCUT2D eigenvalue weighted by molar-refractivity contribution is -0.124. The van der Waals surface area contributed by atoms with E-state index < -0.39 is 0 Å². The van der Waals surface area contributed by atoms with E-state index in [4.69, 9.17) is 0 Å². The first-order chi connectivity index (χ1) is 12.1. The van der Waals surface area contributed by atoms with E-state index in [-0.39, 0.29) is 24.4 Å². The van der Waals surface area contributed by atoms with Crippen LogP contribution in [0.2, 0.25) is 0 Å². The molecule has 0 spiro atoms. The highest BCUT2D eigenvalue weighted by atomic mass is 35.5. The molecule has 0 saturated carbocycles. The molecule has 1 fully saturated rings. The summed E-state index contributed by atoms with van der Waals surface area (Å²) in [5.41, 5.74) is 2.23. The van der Waals surface area contributed by atoms with Gasteiger partial charge in [0.25, 0.3) is 0 Å². The van der Waals surface area contributed by atoms with E-state index in [1.54, 1.807) is 0 Å². The van der Waals surface area contributed by atoms with Crippen molar-refractivity contribution in [1.29, 1.82) is 0 Å². The van der Waals surface area contributed by atoms with Gasteiger partial charge in [-0.3, -0.25) is 9.69 Å². The minimum absolute atomic E-state index is 0. The Kier molecular flexibility index (Phi) is 7.67. The van der Waals surface area contributed by atoms with Gasteiger partial charge in [0.2, 0.25) is 5.91 Å². The Balaban J connectivity index is 0.00000243. The molecule has 1 aliphatic heterocycles. The molecule has 1 heterocycles. The Morgan fingerprint density at radius 3 is 1.88 bits per heavy atom. The topological polar surface area (TPSA) is 32.3 Å². The van der Waals surface area contributed by atoms with Crippen LogP contribution in [-0.2, 0) is 4.79 Å². The summed E-state index contributed by atoms with van der Waals surface area (Å²) in [5, 5.41) is 3.26. The van der Waals surface area contributed by atoms with Crippen LogP contribution in [0.15, 0.2) is 60.7 Å². The summed E-state index contributed by atoms with van der Waals surface area (Å²) in [5.74, 6) is 0.0957. The lowest BCUT2D eigenvalue weighted by atomic mass is 9.97. The molecule has 3 nitrogen and oxygen atoms in total. The van der Waals surface area contributed by atoms with E-state index in [2.05, 4.69) is 48.3 Å². The smallest absolute Gasteiger partial charge is 0.234 e. The molecule has 0 radical (unpaired) electrons. The van der Waals surface area contributed by atoms with Gasteiger partial charge in [-0.25, -0.2) is 0 Å². The van der Waals surface area contributed by atoms with Gasteiger partial charge in [-0.15, -0.1) is 12.4 Å². The summed E-state index contributed by atoms with van der Waals surface area (Å²) < 4.78 is 0. The maximum atomic E-state index is 12.8. The molecule has 1 amide bonds. The Labute approximate surface area is 163 Å². The number of piperidine rings is 1.